The number of halogens is 1. The van der Waals surface area contributed by atoms with Gasteiger partial charge in [-0.1, -0.05) is 0 Å². The first-order valence-electron chi connectivity index (χ1n) is 6.10. The number of aliphatic hydroxyl groups is 1. The Morgan fingerprint density at radius 2 is 2.06 bits per heavy atom. The fraction of sp³-hybridized carbons (Fsp3) is 0.571. The standard InChI is InChI=1S/C14H22FNO2/c1-10-7-11(5-6-13(10)15)16-8-12(17)9-18-14(2,3)4/h5-7,12,16-17H,8-9H2,1-4H3. The summed E-state index contributed by atoms with van der Waals surface area (Å²) in [6.07, 6.45) is -0.588. The van der Waals surface area contributed by atoms with E-state index in [0.717, 1.165) is 5.69 Å². The van der Waals surface area contributed by atoms with Gasteiger partial charge >= 0.3 is 0 Å². The van der Waals surface area contributed by atoms with Crippen LogP contribution < -0.4 is 5.32 Å². The second-order valence-electron chi connectivity index (χ2n) is 5.42. The Balaban J connectivity index is 2.38. The topological polar surface area (TPSA) is 41.5 Å². The maximum atomic E-state index is 13.1. The molecule has 0 heterocycles. The Kier molecular flexibility index (Phi) is 5.11. The average molecular weight is 255 g/mol. The lowest BCUT2D eigenvalue weighted by Gasteiger charge is -2.22. The van der Waals surface area contributed by atoms with Crippen molar-refractivity contribution in [1.29, 1.82) is 0 Å². The highest BCUT2D eigenvalue weighted by molar-refractivity contribution is 5.45. The van der Waals surface area contributed by atoms with Crippen molar-refractivity contribution in [2.24, 2.45) is 0 Å². The molecule has 2 N–H and O–H groups in total. The molecule has 0 saturated heterocycles. The van der Waals surface area contributed by atoms with E-state index in [4.69, 9.17) is 4.74 Å². The Hall–Kier alpha value is -1.13. The van der Waals surface area contributed by atoms with Crippen LogP contribution >= 0.6 is 0 Å². The molecule has 0 saturated carbocycles. The summed E-state index contributed by atoms with van der Waals surface area (Å²) >= 11 is 0. The largest absolute Gasteiger partial charge is 0.389 e. The van der Waals surface area contributed by atoms with E-state index in [1.165, 1.54) is 6.07 Å². The summed E-state index contributed by atoms with van der Waals surface area (Å²) in [7, 11) is 0. The van der Waals surface area contributed by atoms with Crippen molar-refractivity contribution in [3.8, 4) is 0 Å². The molecule has 3 nitrogen and oxygen atoms in total. The Morgan fingerprint density at radius 1 is 1.39 bits per heavy atom. The molecular weight excluding hydrogens is 233 g/mol. The molecular formula is C14H22FNO2. The average Bonchev–Trinajstić information content (AvgIpc) is 2.27. The molecule has 1 aromatic rings. The van der Waals surface area contributed by atoms with Crippen molar-refractivity contribution in [3.63, 3.8) is 0 Å². The highest BCUT2D eigenvalue weighted by Crippen LogP contribution is 2.13. The van der Waals surface area contributed by atoms with Gasteiger partial charge in [0.05, 0.1) is 18.3 Å². The second-order valence-corrected chi connectivity index (χ2v) is 5.42. The monoisotopic (exact) mass is 255 g/mol. The summed E-state index contributed by atoms with van der Waals surface area (Å²) in [6.45, 7) is 8.18. The lowest BCUT2D eigenvalue weighted by Crippen LogP contribution is -2.30. The predicted octanol–water partition coefficient (Wildman–Crippen LogP) is 2.72. The van der Waals surface area contributed by atoms with E-state index < -0.39 is 6.10 Å². The van der Waals surface area contributed by atoms with Gasteiger partial charge in [0.1, 0.15) is 5.82 Å². The van der Waals surface area contributed by atoms with Gasteiger partial charge < -0.3 is 15.2 Å². The van der Waals surface area contributed by atoms with Gasteiger partial charge in [-0.3, -0.25) is 0 Å². The zero-order chi connectivity index (χ0) is 13.8. The molecule has 1 atom stereocenters. The van der Waals surface area contributed by atoms with Crippen LogP contribution in [0.5, 0.6) is 0 Å². The van der Waals surface area contributed by atoms with Crippen molar-refractivity contribution >= 4 is 5.69 Å². The van der Waals surface area contributed by atoms with E-state index in [-0.39, 0.29) is 18.0 Å². The smallest absolute Gasteiger partial charge is 0.126 e. The third-order valence-electron chi connectivity index (χ3n) is 2.41. The molecule has 0 aliphatic heterocycles. The van der Waals surface area contributed by atoms with Gasteiger partial charge in [-0.25, -0.2) is 4.39 Å². The van der Waals surface area contributed by atoms with Crippen LogP contribution in [0.25, 0.3) is 0 Å². The van der Waals surface area contributed by atoms with Crippen LogP contribution in [0.2, 0.25) is 0 Å². The van der Waals surface area contributed by atoms with Gasteiger partial charge in [-0.05, 0) is 51.5 Å². The molecule has 0 aliphatic rings. The summed E-state index contributed by atoms with van der Waals surface area (Å²) in [6, 6.07) is 4.78. The first-order chi connectivity index (χ1) is 8.28. The molecule has 0 amide bonds. The molecule has 0 aliphatic carbocycles. The maximum absolute atomic E-state index is 13.1. The van der Waals surface area contributed by atoms with Gasteiger partial charge in [-0.15, -0.1) is 0 Å². The lowest BCUT2D eigenvalue weighted by molar-refractivity contribution is -0.0449. The van der Waals surface area contributed by atoms with E-state index in [1.54, 1.807) is 19.1 Å². The minimum absolute atomic E-state index is 0.225. The van der Waals surface area contributed by atoms with Crippen LogP contribution in [0.1, 0.15) is 26.3 Å². The Morgan fingerprint density at radius 3 is 2.61 bits per heavy atom. The number of aryl methyl sites for hydroxylation is 1. The van der Waals surface area contributed by atoms with Crippen LogP contribution in [-0.2, 0) is 4.74 Å². The minimum atomic E-state index is -0.588. The van der Waals surface area contributed by atoms with E-state index in [1.807, 2.05) is 20.8 Å². The highest BCUT2D eigenvalue weighted by Gasteiger charge is 2.13. The number of nitrogens with one attached hydrogen (secondary N) is 1. The normalized spacial score (nSPS) is 13.4. The molecule has 0 fully saturated rings. The molecule has 102 valence electrons. The van der Waals surface area contributed by atoms with Gasteiger partial charge in [0.25, 0.3) is 0 Å². The van der Waals surface area contributed by atoms with E-state index in [9.17, 15) is 9.50 Å². The SMILES string of the molecule is Cc1cc(NCC(O)COC(C)(C)C)ccc1F. The third-order valence-corrected chi connectivity index (χ3v) is 2.41. The zero-order valence-corrected chi connectivity index (χ0v) is 11.5. The highest BCUT2D eigenvalue weighted by atomic mass is 19.1. The quantitative estimate of drug-likeness (QED) is 0.850. The van der Waals surface area contributed by atoms with Gasteiger partial charge in [0, 0.05) is 12.2 Å². The number of rotatable bonds is 5. The fourth-order valence-corrected chi connectivity index (χ4v) is 1.40. The van der Waals surface area contributed by atoms with Crippen LogP contribution in [0.3, 0.4) is 0 Å². The lowest BCUT2D eigenvalue weighted by atomic mass is 10.2. The second kappa shape index (κ2) is 6.16. The molecule has 1 unspecified atom stereocenters. The summed E-state index contributed by atoms with van der Waals surface area (Å²) in [5.74, 6) is -0.225. The zero-order valence-electron chi connectivity index (χ0n) is 11.5. The number of anilines is 1. The van der Waals surface area contributed by atoms with Crippen LogP contribution in [0, 0.1) is 12.7 Å². The minimum Gasteiger partial charge on any atom is -0.389 e. The summed E-state index contributed by atoms with van der Waals surface area (Å²) in [4.78, 5) is 0. The van der Waals surface area contributed by atoms with Gasteiger partial charge in [0.2, 0.25) is 0 Å². The molecule has 0 spiro atoms. The third kappa shape index (κ3) is 5.47. The van der Waals surface area contributed by atoms with Crippen LogP contribution in [0.15, 0.2) is 18.2 Å². The summed E-state index contributed by atoms with van der Waals surface area (Å²) < 4.78 is 18.5. The molecule has 4 heteroatoms. The van der Waals surface area contributed by atoms with E-state index in [0.29, 0.717) is 12.1 Å². The van der Waals surface area contributed by atoms with Crippen molar-refractivity contribution in [1.82, 2.24) is 0 Å². The van der Waals surface area contributed by atoms with E-state index in [2.05, 4.69) is 5.32 Å². The maximum Gasteiger partial charge on any atom is 0.126 e. The number of hydrogen-bond donors (Lipinski definition) is 2. The molecule has 1 rings (SSSR count). The van der Waals surface area contributed by atoms with E-state index >= 15 is 0 Å². The molecule has 0 bridgehead atoms. The van der Waals surface area contributed by atoms with Crippen molar-refractivity contribution < 1.29 is 14.2 Å². The Labute approximate surface area is 108 Å². The first-order valence-corrected chi connectivity index (χ1v) is 6.10. The first kappa shape index (κ1) is 14.9. The van der Waals surface area contributed by atoms with Crippen LogP contribution in [-0.4, -0.2) is 30.0 Å². The summed E-state index contributed by atoms with van der Waals surface area (Å²) in [5.41, 5.74) is 1.12. The molecule has 1 aromatic carbocycles. The summed E-state index contributed by atoms with van der Waals surface area (Å²) in [5, 5.41) is 12.8. The van der Waals surface area contributed by atoms with Gasteiger partial charge in [0.15, 0.2) is 0 Å². The van der Waals surface area contributed by atoms with Crippen molar-refractivity contribution in [2.45, 2.75) is 39.4 Å². The molecule has 18 heavy (non-hydrogen) atoms. The number of hydrogen-bond acceptors (Lipinski definition) is 3. The van der Waals surface area contributed by atoms with Gasteiger partial charge in [-0.2, -0.15) is 0 Å². The van der Waals surface area contributed by atoms with Crippen LogP contribution in [0.4, 0.5) is 10.1 Å². The number of benzene rings is 1. The fourth-order valence-electron chi connectivity index (χ4n) is 1.40. The van der Waals surface area contributed by atoms with Crippen molar-refractivity contribution in [2.75, 3.05) is 18.5 Å². The number of aliphatic hydroxyl groups excluding tert-OH is 1. The Bertz CT molecular complexity index is 388. The molecule has 0 radical (unpaired) electrons. The number of ether oxygens (including phenoxy) is 1. The molecule has 0 aromatic heterocycles. The predicted molar refractivity (Wildman–Crippen MR) is 71.3 cm³/mol. The van der Waals surface area contributed by atoms with Crippen molar-refractivity contribution in [3.05, 3.63) is 29.6 Å².